The number of rotatable bonds is 18. The number of carbonyl (C=O) groups excluding carboxylic acids is 2. The Morgan fingerprint density at radius 1 is 0.524 bits per heavy atom. The molecule has 1 fully saturated rings. The number of halogens is 8. The molecule has 2 aromatic heterocycles. The number of carbonyl (C=O) groups is 2. The predicted molar refractivity (Wildman–Crippen MR) is 295 cm³/mol. The van der Waals surface area contributed by atoms with Crippen molar-refractivity contribution in [2.45, 2.75) is 64.7 Å². The number of hydrogen-bond acceptors (Lipinski definition) is 12. The molecule has 6 aromatic carbocycles. The SMILES string of the molecule is CC(C)COc1cc2nccc(Oc3ccc(CC(=O)Cc4ccc(Cl)c(C(F)(F)F)c4)cc3)c2c2c1OCCO2.O=C(Cc1ccc(Oc2ccnc3cc(OCC4CC4)c4c(c23)OCCO4)cc1)Cc1ccc(Cl)c(C(F)(F)F)c1. The third-order valence-electron chi connectivity index (χ3n) is 13.2. The maximum Gasteiger partial charge on any atom is 0.417 e. The second-order valence-corrected chi connectivity index (χ2v) is 21.0. The zero-order valence-corrected chi connectivity index (χ0v) is 45.7. The van der Waals surface area contributed by atoms with E-state index < -0.39 is 33.5 Å². The molecule has 0 saturated heterocycles. The van der Waals surface area contributed by atoms with Crippen LogP contribution in [-0.2, 0) is 47.6 Å². The highest BCUT2D eigenvalue weighted by Gasteiger charge is 2.35. The maximum absolute atomic E-state index is 13.2. The highest BCUT2D eigenvalue weighted by Crippen LogP contribution is 2.51. The number of pyridine rings is 2. The quantitative estimate of drug-likeness (QED) is 0.0757. The summed E-state index contributed by atoms with van der Waals surface area (Å²) in [6.45, 7) is 6.83. The minimum absolute atomic E-state index is 0.0558. The van der Waals surface area contributed by atoms with Crippen molar-refractivity contribution >= 4 is 56.6 Å². The van der Waals surface area contributed by atoms with Gasteiger partial charge in [0.2, 0.25) is 11.5 Å². The molecular formula is C62H52Cl2F6N2O10. The first-order valence-corrected chi connectivity index (χ1v) is 27.0. The molecular weight excluding hydrogens is 1120 g/mol. The molecule has 0 bridgehead atoms. The minimum atomic E-state index is -4.59. The van der Waals surface area contributed by atoms with Crippen LogP contribution >= 0.6 is 23.2 Å². The summed E-state index contributed by atoms with van der Waals surface area (Å²) < 4.78 is 127. The summed E-state index contributed by atoms with van der Waals surface area (Å²) >= 11 is 11.4. The number of alkyl halides is 6. The van der Waals surface area contributed by atoms with E-state index in [-0.39, 0.29) is 48.4 Å². The van der Waals surface area contributed by atoms with Crippen LogP contribution in [0, 0.1) is 11.8 Å². The van der Waals surface area contributed by atoms with Crippen LogP contribution < -0.4 is 37.9 Å². The highest BCUT2D eigenvalue weighted by atomic mass is 35.5. The molecule has 82 heavy (non-hydrogen) atoms. The molecule has 426 valence electrons. The van der Waals surface area contributed by atoms with Crippen LogP contribution in [-0.4, -0.2) is 61.2 Å². The number of ether oxygens (including phenoxy) is 8. The normalized spacial score (nSPS) is 13.8. The highest BCUT2D eigenvalue weighted by molar-refractivity contribution is 6.31. The molecule has 0 atom stereocenters. The molecule has 0 spiro atoms. The summed E-state index contributed by atoms with van der Waals surface area (Å²) in [5.41, 5.74) is 1.29. The van der Waals surface area contributed by atoms with Crippen molar-refractivity contribution in [3.05, 3.63) is 165 Å². The Hall–Kier alpha value is -7.96. The first-order valence-electron chi connectivity index (χ1n) is 26.3. The zero-order valence-electron chi connectivity index (χ0n) is 44.2. The van der Waals surface area contributed by atoms with E-state index in [1.54, 1.807) is 73.1 Å². The van der Waals surface area contributed by atoms with Gasteiger partial charge in [-0.05, 0) is 108 Å². The van der Waals surface area contributed by atoms with Gasteiger partial charge in [-0.2, -0.15) is 26.3 Å². The Morgan fingerprint density at radius 3 is 1.32 bits per heavy atom. The molecule has 4 heterocycles. The van der Waals surface area contributed by atoms with Gasteiger partial charge in [0.05, 0.1) is 56.2 Å². The summed E-state index contributed by atoms with van der Waals surface area (Å²) in [5, 5.41) is 0.528. The smallest absolute Gasteiger partial charge is 0.417 e. The van der Waals surface area contributed by atoms with Gasteiger partial charge in [0.15, 0.2) is 23.0 Å². The van der Waals surface area contributed by atoms with Crippen molar-refractivity contribution in [3.8, 4) is 57.5 Å². The van der Waals surface area contributed by atoms with Crippen LogP contribution in [0.2, 0.25) is 10.0 Å². The van der Waals surface area contributed by atoms with Crippen molar-refractivity contribution in [2.24, 2.45) is 11.8 Å². The van der Waals surface area contributed by atoms with Gasteiger partial charge in [-0.1, -0.05) is 73.4 Å². The topological polar surface area (TPSA) is 134 Å². The lowest BCUT2D eigenvalue weighted by Crippen LogP contribution is -2.17. The van der Waals surface area contributed by atoms with Gasteiger partial charge in [-0.25, -0.2) is 0 Å². The van der Waals surface area contributed by atoms with Crippen LogP contribution in [0.3, 0.4) is 0 Å². The molecule has 3 aliphatic rings. The summed E-state index contributed by atoms with van der Waals surface area (Å²) in [6.07, 6.45) is -3.72. The van der Waals surface area contributed by atoms with E-state index in [9.17, 15) is 35.9 Å². The average Bonchev–Trinajstić information content (AvgIpc) is 2.56. The Labute approximate surface area is 477 Å². The van der Waals surface area contributed by atoms with Crippen molar-refractivity contribution in [2.75, 3.05) is 39.6 Å². The number of Topliss-reactive ketones (excluding diaryl/α,β-unsaturated/α-hetero) is 2. The number of aromatic nitrogens is 2. The molecule has 8 aromatic rings. The van der Waals surface area contributed by atoms with Gasteiger partial charge in [-0.3, -0.25) is 19.6 Å². The summed E-state index contributed by atoms with van der Waals surface area (Å²) in [7, 11) is 0. The molecule has 0 radical (unpaired) electrons. The van der Waals surface area contributed by atoms with Crippen LogP contribution in [0.25, 0.3) is 21.8 Å². The zero-order chi connectivity index (χ0) is 57.7. The van der Waals surface area contributed by atoms with Crippen LogP contribution in [0.15, 0.2) is 122 Å². The van der Waals surface area contributed by atoms with E-state index in [4.69, 9.17) is 61.1 Å². The van der Waals surface area contributed by atoms with Crippen LogP contribution in [0.5, 0.6) is 57.5 Å². The molecule has 0 unspecified atom stereocenters. The van der Waals surface area contributed by atoms with Crippen LogP contribution in [0.1, 0.15) is 60.1 Å². The van der Waals surface area contributed by atoms with Crippen LogP contribution in [0.4, 0.5) is 26.3 Å². The molecule has 0 N–H and O–H groups in total. The van der Waals surface area contributed by atoms with Crippen molar-refractivity contribution < 1.29 is 73.8 Å². The monoisotopic (exact) mass is 1170 g/mol. The molecule has 0 amide bonds. The van der Waals surface area contributed by atoms with Gasteiger partial charge in [0.1, 0.15) is 61.0 Å². The molecule has 2 aliphatic heterocycles. The summed E-state index contributed by atoms with van der Waals surface area (Å²) in [5.74, 6) is 5.79. The summed E-state index contributed by atoms with van der Waals surface area (Å²) in [4.78, 5) is 34.2. The number of ketones is 2. The number of hydrogen-bond donors (Lipinski definition) is 0. The van der Waals surface area contributed by atoms with Gasteiger partial charge in [0, 0.05) is 50.2 Å². The average molecular weight is 1170 g/mol. The number of nitrogens with zero attached hydrogens (tertiary/aromatic N) is 2. The van der Waals surface area contributed by atoms with Gasteiger partial charge in [-0.15, -0.1) is 0 Å². The molecule has 20 heteroatoms. The van der Waals surface area contributed by atoms with E-state index in [0.717, 1.165) is 24.3 Å². The molecule has 12 nitrogen and oxygen atoms in total. The predicted octanol–water partition coefficient (Wildman–Crippen LogP) is 15.5. The first-order chi connectivity index (χ1) is 39.3. The third-order valence-corrected chi connectivity index (χ3v) is 13.9. The Kier molecular flexibility index (Phi) is 17.2. The standard InChI is InChI=1S/C31H25ClF3NO5.C31H27ClF3NO5/c32-24-8-5-20(15-23(24)31(33,34)35)14-21(37)13-18-3-6-22(7-4-18)41-26-9-10-36-25-16-27(40-17-19-1-2-19)29-30(28(25)26)39-12-11-38-29;1-18(2)17-40-27-16-25-28(30-29(27)38-11-12-39-30)26(9-10-36-25)41-22-6-3-19(4-7-22)13-21(37)14-20-5-8-24(32)23(15-20)31(33,34)35/h3-10,15-16,19H,1-2,11-14,17H2;3-10,15-16,18H,11-14,17H2,1-2H3. The van der Waals surface area contributed by atoms with Crippen molar-refractivity contribution in [1.82, 2.24) is 9.97 Å². The second kappa shape index (κ2) is 24.6. The fourth-order valence-electron chi connectivity index (χ4n) is 9.12. The van der Waals surface area contributed by atoms with E-state index in [1.807, 2.05) is 12.1 Å². The minimum Gasteiger partial charge on any atom is -0.489 e. The lowest BCUT2D eigenvalue weighted by molar-refractivity contribution is -0.138. The van der Waals surface area contributed by atoms with E-state index in [1.165, 1.54) is 25.0 Å². The van der Waals surface area contributed by atoms with E-state index in [0.29, 0.717) is 142 Å². The van der Waals surface area contributed by atoms with E-state index in [2.05, 4.69) is 23.8 Å². The van der Waals surface area contributed by atoms with Gasteiger partial charge in [0.25, 0.3) is 0 Å². The number of fused-ring (bicyclic) bond motifs is 6. The third kappa shape index (κ3) is 14.0. The first kappa shape index (κ1) is 57.3. The maximum atomic E-state index is 13.2. The second-order valence-electron chi connectivity index (χ2n) is 20.2. The number of benzene rings is 6. The van der Waals surface area contributed by atoms with E-state index >= 15 is 0 Å². The Morgan fingerprint density at radius 2 is 0.915 bits per heavy atom. The lowest BCUT2D eigenvalue weighted by atomic mass is 10.0. The molecule has 1 aliphatic carbocycles. The van der Waals surface area contributed by atoms with Crippen molar-refractivity contribution in [3.63, 3.8) is 0 Å². The van der Waals surface area contributed by atoms with Gasteiger partial charge >= 0.3 is 12.4 Å². The lowest BCUT2D eigenvalue weighted by Gasteiger charge is -2.24. The largest absolute Gasteiger partial charge is 0.489 e. The Balaban J connectivity index is 0.000000184. The van der Waals surface area contributed by atoms with Gasteiger partial charge < -0.3 is 37.9 Å². The summed E-state index contributed by atoms with van der Waals surface area (Å²) in [6, 6.07) is 28.0. The Bertz CT molecular complexity index is 3420. The fourth-order valence-corrected chi connectivity index (χ4v) is 9.57. The van der Waals surface area contributed by atoms with Crippen molar-refractivity contribution in [1.29, 1.82) is 0 Å². The molecule has 11 rings (SSSR count). The fraction of sp³-hybridized carbons (Fsp3) is 0.290. The molecule has 1 saturated carbocycles.